The van der Waals surface area contributed by atoms with Gasteiger partial charge in [0.05, 0.1) is 6.61 Å². The van der Waals surface area contributed by atoms with Crippen LogP contribution in [0.3, 0.4) is 0 Å². The van der Waals surface area contributed by atoms with E-state index in [4.69, 9.17) is 9.47 Å². The summed E-state index contributed by atoms with van der Waals surface area (Å²) in [4.78, 5) is 27.2. The van der Waals surface area contributed by atoms with E-state index in [0.29, 0.717) is 37.9 Å². The summed E-state index contributed by atoms with van der Waals surface area (Å²) in [5, 5.41) is 11.0. The molecule has 0 aliphatic heterocycles. The number of ether oxygens (including phenoxy) is 2. The first-order valence-electron chi connectivity index (χ1n) is 10.7. The average molecular weight is 437 g/mol. The molecule has 1 heterocycles. The highest BCUT2D eigenvalue weighted by Gasteiger charge is 2.10. The van der Waals surface area contributed by atoms with Gasteiger partial charge in [0.15, 0.2) is 5.82 Å². The molecule has 8 nitrogen and oxygen atoms in total. The minimum atomic E-state index is -0.343. The van der Waals surface area contributed by atoms with E-state index in [2.05, 4.69) is 20.5 Å². The second-order valence-corrected chi connectivity index (χ2v) is 7.10. The van der Waals surface area contributed by atoms with Gasteiger partial charge in [0.2, 0.25) is 5.91 Å². The van der Waals surface area contributed by atoms with Crippen LogP contribution in [-0.4, -0.2) is 47.5 Å². The molecule has 3 rings (SSSR count). The molecule has 3 aromatic rings. The van der Waals surface area contributed by atoms with Gasteiger partial charge in [0.25, 0.3) is 5.56 Å². The molecule has 32 heavy (non-hydrogen) atoms. The van der Waals surface area contributed by atoms with Gasteiger partial charge in [-0.25, -0.2) is 0 Å². The lowest BCUT2D eigenvalue weighted by atomic mass is 10.1. The van der Waals surface area contributed by atoms with E-state index < -0.39 is 0 Å². The monoisotopic (exact) mass is 436 g/mol. The van der Waals surface area contributed by atoms with E-state index in [0.717, 1.165) is 17.5 Å². The number of hydrogen-bond donors (Lipinski definition) is 2. The lowest BCUT2D eigenvalue weighted by Crippen LogP contribution is -2.27. The second kappa shape index (κ2) is 12.4. The number of aromatic amines is 1. The van der Waals surface area contributed by atoms with Crippen molar-refractivity contribution < 1.29 is 14.3 Å². The highest BCUT2D eigenvalue weighted by molar-refractivity contribution is 5.76. The van der Waals surface area contributed by atoms with Crippen LogP contribution >= 0.6 is 0 Å². The third kappa shape index (κ3) is 7.31. The van der Waals surface area contributed by atoms with Crippen molar-refractivity contribution in [3.05, 3.63) is 76.2 Å². The van der Waals surface area contributed by atoms with Gasteiger partial charge in [0, 0.05) is 31.6 Å². The largest absolute Gasteiger partial charge is 0.491 e. The van der Waals surface area contributed by atoms with Gasteiger partial charge in [-0.1, -0.05) is 30.3 Å². The van der Waals surface area contributed by atoms with Gasteiger partial charge in [-0.3, -0.25) is 9.59 Å². The molecule has 0 fully saturated rings. The quantitative estimate of drug-likeness (QED) is 0.423. The number of H-pyrrole nitrogens is 1. The molecule has 8 heteroatoms. The predicted octanol–water partition coefficient (Wildman–Crippen LogP) is 2.54. The first kappa shape index (κ1) is 23.1. The molecule has 0 spiro atoms. The van der Waals surface area contributed by atoms with E-state index in [1.165, 1.54) is 0 Å². The van der Waals surface area contributed by atoms with Gasteiger partial charge in [-0.15, -0.1) is 10.2 Å². The third-order valence-electron chi connectivity index (χ3n) is 4.76. The van der Waals surface area contributed by atoms with Crippen molar-refractivity contribution in [2.45, 2.75) is 26.2 Å². The molecule has 0 atom stereocenters. The molecule has 2 N–H and O–H groups in total. The van der Waals surface area contributed by atoms with Gasteiger partial charge in [-0.2, -0.15) is 0 Å². The van der Waals surface area contributed by atoms with Crippen molar-refractivity contribution in [1.29, 1.82) is 0 Å². The Morgan fingerprint density at radius 2 is 1.78 bits per heavy atom. The van der Waals surface area contributed by atoms with Crippen molar-refractivity contribution in [1.82, 2.24) is 20.5 Å². The van der Waals surface area contributed by atoms with Gasteiger partial charge >= 0.3 is 0 Å². The van der Waals surface area contributed by atoms with Crippen LogP contribution in [0.1, 0.15) is 24.6 Å². The number of benzene rings is 2. The number of carbonyl (C=O) groups excluding carboxylic acids is 1. The van der Waals surface area contributed by atoms with Crippen LogP contribution < -0.4 is 15.6 Å². The summed E-state index contributed by atoms with van der Waals surface area (Å²) in [5.74, 6) is 0.955. The van der Waals surface area contributed by atoms with Crippen LogP contribution in [0.5, 0.6) is 5.75 Å². The molecule has 1 aromatic heterocycles. The van der Waals surface area contributed by atoms with E-state index >= 15 is 0 Å². The Morgan fingerprint density at radius 3 is 2.50 bits per heavy atom. The van der Waals surface area contributed by atoms with Crippen LogP contribution in [0.15, 0.2) is 59.4 Å². The normalized spacial score (nSPS) is 10.7. The van der Waals surface area contributed by atoms with Crippen molar-refractivity contribution in [3.8, 4) is 17.1 Å². The zero-order valence-electron chi connectivity index (χ0n) is 18.2. The molecule has 0 unspecified atom stereocenters. The zero-order valence-corrected chi connectivity index (χ0v) is 18.2. The Hall–Kier alpha value is -3.52. The topological polar surface area (TPSA) is 106 Å². The number of aryl methyl sites for hydroxylation is 1. The second-order valence-electron chi connectivity index (χ2n) is 7.10. The van der Waals surface area contributed by atoms with Crippen LogP contribution in [-0.2, 0) is 22.4 Å². The van der Waals surface area contributed by atoms with Crippen LogP contribution in [0.2, 0.25) is 0 Å². The third-order valence-corrected chi connectivity index (χ3v) is 4.76. The standard InChI is InChI=1S/C24H28N4O4/c1-2-31-16-17-32-20-10-8-19(9-11-20)23-26-24(30)21(27-28-23)12-13-22(29)25-15-14-18-6-4-3-5-7-18/h3-11H,2,12-17H2,1H3,(H,25,29)(H,26,28,30). The maximum absolute atomic E-state index is 12.4. The van der Waals surface area contributed by atoms with Crippen molar-refractivity contribution in [2.75, 3.05) is 26.4 Å². The van der Waals surface area contributed by atoms with E-state index in [9.17, 15) is 9.59 Å². The molecule has 0 aliphatic carbocycles. The van der Waals surface area contributed by atoms with Crippen molar-refractivity contribution >= 4 is 5.91 Å². The summed E-state index contributed by atoms with van der Waals surface area (Å²) in [7, 11) is 0. The fraction of sp³-hybridized carbons (Fsp3) is 0.333. The van der Waals surface area contributed by atoms with E-state index in [-0.39, 0.29) is 30.0 Å². The van der Waals surface area contributed by atoms with E-state index in [1.807, 2.05) is 37.3 Å². The Morgan fingerprint density at radius 1 is 1.00 bits per heavy atom. The van der Waals surface area contributed by atoms with Crippen LogP contribution in [0.25, 0.3) is 11.4 Å². The lowest BCUT2D eigenvalue weighted by Gasteiger charge is -2.07. The summed E-state index contributed by atoms with van der Waals surface area (Å²) < 4.78 is 10.8. The highest BCUT2D eigenvalue weighted by atomic mass is 16.5. The number of nitrogens with one attached hydrogen (secondary N) is 2. The van der Waals surface area contributed by atoms with Crippen LogP contribution in [0, 0.1) is 0 Å². The maximum atomic E-state index is 12.4. The highest BCUT2D eigenvalue weighted by Crippen LogP contribution is 2.18. The number of aromatic nitrogens is 3. The predicted molar refractivity (Wildman–Crippen MR) is 122 cm³/mol. The summed E-state index contributed by atoms with van der Waals surface area (Å²) in [5.41, 5.74) is 1.78. The molecule has 2 aromatic carbocycles. The molecular formula is C24H28N4O4. The number of carbonyl (C=O) groups is 1. The van der Waals surface area contributed by atoms with Crippen LogP contribution in [0.4, 0.5) is 0 Å². The fourth-order valence-corrected chi connectivity index (χ4v) is 3.04. The van der Waals surface area contributed by atoms with Crippen molar-refractivity contribution in [2.24, 2.45) is 0 Å². The molecular weight excluding hydrogens is 408 g/mol. The molecule has 0 saturated carbocycles. The zero-order chi connectivity index (χ0) is 22.6. The average Bonchev–Trinajstić information content (AvgIpc) is 2.82. The first-order chi connectivity index (χ1) is 15.7. The molecule has 0 radical (unpaired) electrons. The fourth-order valence-electron chi connectivity index (χ4n) is 3.04. The summed E-state index contributed by atoms with van der Waals surface area (Å²) in [6, 6.07) is 17.1. The Bertz CT molecular complexity index is 1040. The number of amides is 1. The van der Waals surface area contributed by atoms with Crippen molar-refractivity contribution in [3.63, 3.8) is 0 Å². The molecule has 1 amide bonds. The SMILES string of the molecule is CCOCCOc1ccc(-c2nnc(CCC(=O)NCCc3ccccc3)c(=O)[nH]2)cc1. The Balaban J connectivity index is 1.47. The Kier molecular flexibility index (Phi) is 8.94. The van der Waals surface area contributed by atoms with Gasteiger partial charge in [0.1, 0.15) is 18.1 Å². The number of nitrogens with zero attached hydrogens (tertiary/aromatic N) is 2. The lowest BCUT2D eigenvalue weighted by molar-refractivity contribution is -0.121. The summed E-state index contributed by atoms with van der Waals surface area (Å²) in [6.07, 6.45) is 1.17. The Labute approximate surface area is 187 Å². The first-order valence-corrected chi connectivity index (χ1v) is 10.7. The summed E-state index contributed by atoms with van der Waals surface area (Å²) in [6.45, 7) is 4.14. The van der Waals surface area contributed by atoms with Gasteiger partial charge in [-0.05, 0) is 43.2 Å². The molecule has 0 aliphatic rings. The molecule has 0 saturated heterocycles. The molecule has 168 valence electrons. The number of rotatable bonds is 12. The minimum Gasteiger partial charge on any atom is -0.491 e. The minimum absolute atomic E-state index is 0.119. The van der Waals surface area contributed by atoms with Gasteiger partial charge < -0.3 is 19.8 Å². The van der Waals surface area contributed by atoms with E-state index in [1.54, 1.807) is 24.3 Å². The molecule has 0 bridgehead atoms. The smallest absolute Gasteiger partial charge is 0.273 e. The summed E-state index contributed by atoms with van der Waals surface area (Å²) >= 11 is 0. The number of hydrogen-bond acceptors (Lipinski definition) is 6. The maximum Gasteiger partial charge on any atom is 0.273 e.